The SMILES string of the molecule is CCCOc1ccc(/C(O)=C2\C(=O)C(=O)N(c3ccc(C)cc3C)C2c2ccc(OC)c(OCC)c2)cc1C. The number of amides is 1. The van der Waals surface area contributed by atoms with E-state index in [4.69, 9.17) is 14.2 Å². The molecule has 3 aromatic carbocycles. The summed E-state index contributed by atoms with van der Waals surface area (Å²) in [6, 6.07) is 15.3. The largest absolute Gasteiger partial charge is 0.507 e. The number of ketones is 1. The second kappa shape index (κ2) is 11.6. The van der Waals surface area contributed by atoms with Gasteiger partial charge in [0.2, 0.25) is 0 Å². The number of ether oxygens (including phenoxy) is 3. The number of hydrogen-bond acceptors (Lipinski definition) is 6. The molecule has 7 nitrogen and oxygen atoms in total. The third-order valence-corrected chi connectivity index (χ3v) is 6.77. The lowest BCUT2D eigenvalue weighted by Gasteiger charge is -2.27. The molecule has 1 aliphatic rings. The molecule has 7 heteroatoms. The fourth-order valence-electron chi connectivity index (χ4n) is 4.93. The fraction of sp³-hybridized carbons (Fsp3) is 0.312. The van der Waals surface area contributed by atoms with Crippen LogP contribution < -0.4 is 19.1 Å². The van der Waals surface area contributed by atoms with Crippen molar-refractivity contribution in [2.75, 3.05) is 25.2 Å². The van der Waals surface area contributed by atoms with E-state index in [0.29, 0.717) is 47.3 Å². The van der Waals surface area contributed by atoms with Gasteiger partial charge in [-0.1, -0.05) is 30.7 Å². The highest BCUT2D eigenvalue weighted by Gasteiger charge is 2.47. The number of anilines is 1. The minimum atomic E-state index is -0.882. The Labute approximate surface area is 229 Å². The first-order valence-electron chi connectivity index (χ1n) is 13.1. The molecule has 1 amide bonds. The lowest BCUT2D eigenvalue weighted by Crippen LogP contribution is -2.30. The van der Waals surface area contributed by atoms with Crippen molar-refractivity contribution in [2.24, 2.45) is 0 Å². The first-order chi connectivity index (χ1) is 18.7. The highest BCUT2D eigenvalue weighted by atomic mass is 16.5. The number of methoxy groups -OCH3 is 1. The normalized spacial score (nSPS) is 16.5. The zero-order valence-corrected chi connectivity index (χ0v) is 23.3. The Morgan fingerprint density at radius 2 is 1.62 bits per heavy atom. The van der Waals surface area contributed by atoms with E-state index >= 15 is 0 Å². The van der Waals surface area contributed by atoms with Gasteiger partial charge in [-0.15, -0.1) is 0 Å². The Kier molecular flexibility index (Phi) is 8.29. The quantitative estimate of drug-likeness (QED) is 0.195. The van der Waals surface area contributed by atoms with Gasteiger partial charge in [-0.25, -0.2) is 0 Å². The van der Waals surface area contributed by atoms with Crippen molar-refractivity contribution in [3.8, 4) is 17.2 Å². The molecule has 1 unspecified atom stereocenters. The maximum absolute atomic E-state index is 13.6. The van der Waals surface area contributed by atoms with E-state index in [1.807, 2.05) is 52.8 Å². The van der Waals surface area contributed by atoms with Crippen LogP contribution in [-0.4, -0.2) is 37.1 Å². The summed E-state index contributed by atoms with van der Waals surface area (Å²) in [5.74, 6) is 0.0122. The first kappa shape index (κ1) is 27.8. The summed E-state index contributed by atoms with van der Waals surface area (Å²) >= 11 is 0. The van der Waals surface area contributed by atoms with Crippen LogP contribution in [0.2, 0.25) is 0 Å². The maximum Gasteiger partial charge on any atom is 0.300 e. The third kappa shape index (κ3) is 5.35. The van der Waals surface area contributed by atoms with Gasteiger partial charge >= 0.3 is 0 Å². The molecule has 1 saturated heterocycles. The van der Waals surface area contributed by atoms with E-state index in [2.05, 4.69) is 0 Å². The maximum atomic E-state index is 13.6. The van der Waals surface area contributed by atoms with Gasteiger partial charge in [-0.05, 0) is 87.2 Å². The molecule has 0 saturated carbocycles. The lowest BCUT2D eigenvalue weighted by atomic mass is 9.94. The number of nitrogens with zero attached hydrogens (tertiary/aromatic N) is 1. The zero-order valence-electron chi connectivity index (χ0n) is 23.3. The molecule has 1 heterocycles. The van der Waals surface area contributed by atoms with Gasteiger partial charge in [0, 0.05) is 11.3 Å². The summed E-state index contributed by atoms with van der Waals surface area (Å²) in [4.78, 5) is 28.7. The average Bonchev–Trinajstić information content (AvgIpc) is 3.17. The summed E-state index contributed by atoms with van der Waals surface area (Å²) in [6.45, 7) is 10.6. The van der Waals surface area contributed by atoms with Gasteiger partial charge < -0.3 is 19.3 Å². The highest BCUT2D eigenvalue weighted by molar-refractivity contribution is 6.51. The number of aryl methyl sites for hydroxylation is 3. The molecule has 4 rings (SSSR count). The number of rotatable bonds is 9. The first-order valence-corrected chi connectivity index (χ1v) is 13.1. The van der Waals surface area contributed by atoms with Gasteiger partial charge in [-0.2, -0.15) is 0 Å². The van der Waals surface area contributed by atoms with Crippen molar-refractivity contribution in [3.05, 3.63) is 88.0 Å². The smallest absolute Gasteiger partial charge is 0.300 e. The van der Waals surface area contributed by atoms with Crippen molar-refractivity contribution in [1.82, 2.24) is 0 Å². The summed E-state index contributed by atoms with van der Waals surface area (Å²) in [7, 11) is 1.55. The standard InChI is InChI=1S/C32H35NO6/c1-7-15-39-25-13-11-23(17-21(25)5)30(34)28-29(22-10-14-26(37-6)27(18-22)38-8-2)33(32(36)31(28)35)24-12-9-19(3)16-20(24)4/h9-14,16-18,29,34H,7-8,15H2,1-6H3/b30-28+. The van der Waals surface area contributed by atoms with Gasteiger partial charge in [0.1, 0.15) is 11.5 Å². The molecule has 1 aliphatic heterocycles. The van der Waals surface area contributed by atoms with Crippen LogP contribution in [0, 0.1) is 20.8 Å². The van der Waals surface area contributed by atoms with Crippen molar-refractivity contribution in [3.63, 3.8) is 0 Å². The molecule has 39 heavy (non-hydrogen) atoms. The third-order valence-electron chi connectivity index (χ3n) is 6.77. The number of aliphatic hydroxyl groups excluding tert-OH is 1. The molecule has 0 radical (unpaired) electrons. The van der Waals surface area contributed by atoms with Crippen LogP contribution in [0.3, 0.4) is 0 Å². The van der Waals surface area contributed by atoms with Gasteiger partial charge in [-0.3, -0.25) is 14.5 Å². The molecule has 1 atom stereocenters. The molecule has 0 aromatic heterocycles. The van der Waals surface area contributed by atoms with Gasteiger partial charge in [0.15, 0.2) is 11.5 Å². The Hall–Kier alpha value is -4.26. The second-order valence-corrected chi connectivity index (χ2v) is 9.63. The molecule has 0 spiro atoms. The van der Waals surface area contributed by atoms with Crippen molar-refractivity contribution in [2.45, 2.75) is 47.1 Å². The van der Waals surface area contributed by atoms with Gasteiger partial charge in [0.05, 0.1) is 31.9 Å². The Bertz CT molecular complexity index is 1440. The summed E-state index contributed by atoms with van der Waals surface area (Å²) in [5, 5.41) is 11.6. The van der Waals surface area contributed by atoms with E-state index in [0.717, 1.165) is 23.1 Å². The van der Waals surface area contributed by atoms with E-state index < -0.39 is 17.7 Å². The number of Topliss-reactive ketones (excluding diaryl/α,β-unsaturated/α-hetero) is 1. The average molecular weight is 530 g/mol. The minimum Gasteiger partial charge on any atom is -0.507 e. The number of aliphatic hydroxyl groups is 1. The highest BCUT2D eigenvalue weighted by Crippen LogP contribution is 2.45. The Morgan fingerprint density at radius 3 is 2.26 bits per heavy atom. The van der Waals surface area contributed by atoms with Crippen LogP contribution in [0.25, 0.3) is 5.76 Å². The molecule has 1 N–H and O–H groups in total. The summed E-state index contributed by atoms with van der Waals surface area (Å²) in [6.07, 6.45) is 0.870. The number of hydrogen-bond donors (Lipinski definition) is 1. The number of benzene rings is 3. The molecule has 204 valence electrons. The molecule has 3 aromatic rings. The van der Waals surface area contributed by atoms with Crippen molar-refractivity contribution < 1.29 is 28.9 Å². The van der Waals surface area contributed by atoms with Crippen molar-refractivity contribution >= 4 is 23.1 Å². The van der Waals surface area contributed by atoms with E-state index in [1.54, 1.807) is 43.5 Å². The van der Waals surface area contributed by atoms with E-state index in [-0.39, 0.29) is 11.3 Å². The monoisotopic (exact) mass is 529 g/mol. The molecule has 1 fully saturated rings. The summed E-state index contributed by atoms with van der Waals surface area (Å²) < 4.78 is 17.0. The summed E-state index contributed by atoms with van der Waals surface area (Å²) in [5.41, 5.74) is 4.34. The minimum absolute atomic E-state index is 0.00853. The number of carbonyl (C=O) groups is 2. The molecule has 0 aliphatic carbocycles. The van der Waals surface area contributed by atoms with E-state index in [1.165, 1.54) is 4.90 Å². The predicted octanol–water partition coefficient (Wildman–Crippen LogP) is 6.43. The molecule has 0 bridgehead atoms. The lowest BCUT2D eigenvalue weighted by molar-refractivity contribution is -0.132. The fourth-order valence-corrected chi connectivity index (χ4v) is 4.93. The van der Waals surface area contributed by atoms with Crippen LogP contribution in [0.1, 0.15) is 54.1 Å². The van der Waals surface area contributed by atoms with Crippen LogP contribution >= 0.6 is 0 Å². The molecular weight excluding hydrogens is 494 g/mol. The van der Waals surface area contributed by atoms with Gasteiger partial charge in [0.25, 0.3) is 11.7 Å². The number of carbonyl (C=O) groups excluding carboxylic acids is 2. The predicted molar refractivity (Wildman–Crippen MR) is 152 cm³/mol. The van der Waals surface area contributed by atoms with Crippen LogP contribution in [-0.2, 0) is 9.59 Å². The van der Waals surface area contributed by atoms with E-state index in [9.17, 15) is 14.7 Å². The Balaban J connectivity index is 1.94. The Morgan fingerprint density at radius 1 is 0.872 bits per heavy atom. The van der Waals surface area contributed by atoms with Crippen LogP contribution in [0.4, 0.5) is 5.69 Å². The molecular formula is C32H35NO6. The van der Waals surface area contributed by atoms with Crippen LogP contribution in [0.5, 0.6) is 17.2 Å². The second-order valence-electron chi connectivity index (χ2n) is 9.63. The zero-order chi connectivity index (χ0) is 28.3. The van der Waals surface area contributed by atoms with Crippen molar-refractivity contribution in [1.29, 1.82) is 0 Å². The van der Waals surface area contributed by atoms with Crippen LogP contribution in [0.15, 0.2) is 60.2 Å². The topological polar surface area (TPSA) is 85.3 Å².